The number of piperidine rings is 1. The van der Waals surface area contributed by atoms with Crippen LogP contribution < -0.4 is 0 Å². The first kappa shape index (κ1) is 14.6. The SMILES string of the molecule is O=C(CCC(F)(F)F)N1CCCC(CCCl)C1. The number of carbonyl (C=O) groups is 1. The molecule has 1 amide bonds. The molecule has 17 heavy (non-hydrogen) atoms. The summed E-state index contributed by atoms with van der Waals surface area (Å²) in [6.07, 6.45) is -3.01. The predicted molar refractivity (Wildman–Crippen MR) is 59.9 cm³/mol. The molecule has 1 aliphatic heterocycles. The minimum atomic E-state index is -4.25. The summed E-state index contributed by atoms with van der Waals surface area (Å²) in [6, 6.07) is 0. The number of rotatable bonds is 4. The van der Waals surface area contributed by atoms with Crippen molar-refractivity contribution in [1.29, 1.82) is 0 Å². The fourth-order valence-electron chi connectivity index (χ4n) is 2.09. The number of likely N-dealkylation sites (tertiary alicyclic amines) is 1. The van der Waals surface area contributed by atoms with Gasteiger partial charge in [-0.3, -0.25) is 4.79 Å². The molecule has 100 valence electrons. The molecule has 1 aliphatic rings. The summed E-state index contributed by atoms with van der Waals surface area (Å²) in [7, 11) is 0. The van der Waals surface area contributed by atoms with E-state index in [4.69, 9.17) is 11.6 Å². The highest BCUT2D eigenvalue weighted by Crippen LogP contribution is 2.24. The second-order valence-corrected chi connectivity index (χ2v) is 4.82. The maximum Gasteiger partial charge on any atom is 0.389 e. The van der Waals surface area contributed by atoms with E-state index in [1.54, 1.807) is 4.90 Å². The third-order valence-corrected chi connectivity index (χ3v) is 3.23. The lowest BCUT2D eigenvalue weighted by atomic mass is 9.95. The summed E-state index contributed by atoms with van der Waals surface area (Å²) in [5, 5.41) is 0. The molecule has 0 aromatic carbocycles. The Kier molecular flexibility index (Phi) is 5.56. The summed E-state index contributed by atoms with van der Waals surface area (Å²) in [6.45, 7) is 1.14. The zero-order valence-corrected chi connectivity index (χ0v) is 10.4. The van der Waals surface area contributed by atoms with Gasteiger partial charge in [-0.2, -0.15) is 13.2 Å². The fourth-order valence-corrected chi connectivity index (χ4v) is 2.40. The molecular formula is C11H17ClF3NO. The lowest BCUT2D eigenvalue weighted by Gasteiger charge is -2.32. The molecular weight excluding hydrogens is 255 g/mol. The predicted octanol–water partition coefficient (Wildman–Crippen LogP) is 3.20. The molecule has 1 unspecified atom stereocenters. The molecule has 1 atom stereocenters. The van der Waals surface area contributed by atoms with Crippen LogP contribution in [0.3, 0.4) is 0 Å². The monoisotopic (exact) mass is 271 g/mol. The van der Waals surface area contributed by atoms with E-state index in [0.717, 1.165) is 19.3 Å². The Labute approximate surface area is 104 Å². The molecule has 0 aromatic heterocycles. The van der Waals surface area contributed by atoms with Crippen molar-refractivity contribution in [2.75, 3.05) is 19.0 Å². The second kappa shape index (κ2) is 6.47. The Morgan fingerprint density at radius 2 is 2.12 bits per heavy atom. The molecule has 0 radical (unpaired) electrons. The van der Waals surface area contributed by atoms with Crippen LogP contribution >= 0.6 is 11.6 Å². The Morgan fingerprint density at radius 3 is 2.71 bits per heavy atom. The summed E-state index contributed by atoms with van der Waals surface area (Å²) >= 11 is 5.63. The lowest BCUT2D eigenvalue weighted by molar-refractivity contribution is -0.150. The van der Waals surface area contributed by atoms with Gasteiger partial charge in [0.1, 0.15) is 0 Å². The normalized spacial score (nSPS) is 21.6. The number of nitrogens with zero attached hydrogens (tertiary/aromatic N) is 1. The number of amides is 1. The third-order valence-electron chi connectivity index (χ3n) is 3.01. The van der Waals surface area contributed by atoms with E-state index in [0.29, 0.717) is 24.9 Å². The van der Waals surface area contributed by atoms with Gasteiger partial charge in [0.15, 0.2) is 0 Å². The van der Waals surface area contributed by atoms with E-state index in [9.17, 15) is 18.0 Å². The van der Waals surface area contributed by atoms with E-state index in [1.165, 1.54) is 0 Å². The molecule has 0 aromatic rings. The molecule has 6 heteroatoms. The van der Waals surface area contributed by atoms with E-state index in [1.807, 2.05) is 0 Å². The number of hydrogen-bond acceptors (Lipinski definition) is 1. The summed E-state index contributed by atoms with van der Waals surface area (Å²) < 4.78 is 36.0. The topological polar surface area (TPSA) is 20.3 Å². The molecule has 0 bridgehead atoms. The first-order valence-electron chi connectivity index (χ1n) is 5.83. The second-order valence-electron chi connectivity index (χ2n) is 4.44. The Hall–Kier alpha value is -0.450. The van der Waals surface area contributed by atoms with Gasteiger partial charge in [-0.15, -0.1) is 11.6 Å². The van der Waals surface area contributed by atoms with E-state index >= 15 is 0 Å². The van der Waals surface area contributed by atoms with Crippen molar-refractivity contribution in [1.82, 2.24) is 4.90 Å². The van der Waals surface area contributed by atoms with Crippen LogP contribution in [0.5, 0.6) is 0 Å². The van der Waals surface area contributed by atoms with Crippen LogP contribution in [0.25, 0.3) is 0 Å². The minimum Gasteiger partial charge on any atom is -0.342 e. The minimum absolute atomic E-state index is 0.344. The molecule has 1 saturated heterocycles. The van der Waals surface area contributed by atoms with Crippen LogP contribution in [-0.4, -0.2) is 36.0 Å². The van der Waals surface area contributed by atoms with Crippen molar-refractivity contribution in [3.63, 3.8) is 0 Å². The van der Waals surface area contributed by atoms with Crippen molar-refractivity contribution in [3.05, 3.63) is 0 Å². The number of halogens is 4. The first-order valence-corrected chi connectivity index (χ1v) is 6.36. The summed E-state index contributed by atoms with van der Waals surface area (Å²) in [4.78, 5) is 13.1. The van der Waals surface area contributed by atoms with E-state index < -0.39 is 19.0 Å². The molecule has 2 nitrogen and oxygen atoms in total. The van der Waals surface area contributed by atoms with Crippen LogP contribution in [0, 0.1) is 5.92 Å². The van der Waals surface area contributed by atoms with Gasteiger partial charge in [-0.05, 0) is 25.2 Å². The number of carbonyl (C=O) groups excluding carboxylic acids is 1. The van der Waals surface area contributed by atoms with Gasteiger partial charge in [0.25, 0.3) is 0 Å². The Balaban J connectivity index is 2.36. The maximum absolute atomic E-state index is 12.0. The molecule has 0 aliphatic carbocycles. The molecule has 0 saturated carbocycles. The zero-order valence-electron chi connectivity index (χ0n) is 9.60. The van der Waals surface area contributed by atoms with Gasteiger partial charge < -0.3 is 4.90 Å². The van der Waals surface area contributed by atoms with Crippen molar-refractivity contribution in [3.8, 4) is 0 Å². The third kappa shape index (κ3) is 5.61. The van der Waals surface area contributed by atoms with Crippen LogP contribution in [0.1, 0.15) is 32.1 Å². The molecule has 1 heterocycles. The van der Waals surface area contributed by atoms with Crippen molar-refractivity contribution in [2.24, 2.45) is 5.92 Å². The highest BCUT2D eigenvalue weighted by Gasteiger charge is 2.30. The standard InChI is InChI=1S/C11H17ClF3NO/c12-6-4-9-2-1-7-16(8-9)10(17)3-5-11(13,14)15/h9H,1-8H2. The van der Waals surface area contributed by atoms with Crippen molar-refractivity contribution < 1.29 is 18.0 Å². The van der Waals surface area contributed by atoms with Crippen LogP contribution in [0.15, 0.2) is 0 Å². The Bertz CT molecular complexity index is 256. The number of alkyl halides is 4. The van der Waals surface area contributed by atoms with Gasteiger partial charge in [-0.25, -0.2) is 0 Å². The van der Waals surface area contributed by atoms with Gasteiger partial charge in [0.05, 0.1) is 6.42 Å². The highest BCUT2D eigenvalue weighted by atomic mass is 35.5. The molecule has 0 N–H and O–H groups in total. The highest BCUT2D eigenvalue weighted by molar-refractivity contribution is 6.17. The lowest BCUT2D eigenvalue weighted by Crippen LogP contribution is -2.40. The fraction of sp³-hybridized carbons (Fsp3) is 0.909. The molecule has 0 spiro atoms. The van der Waals surface area contributed by atoms with Crippen LogP contribution in [-0.2, 0) is 4.79 Å². The first-order chi connectivity index (χ1) is 7.92. The van der Waals surface area contributed by atoms with Gasteiger partial charge in [-0.1, -0.05) is 0 Å². The maximum atomic E-state index is 12.0. The van der Waals surface area contributed by atoms with Gasteiger partial charge in [0.2, 0.25) is 5.91 Å². The van der Waals surface area contributed by atoms with Gasteiger partial charge >= 0.3 is 6.18 Å². The average Bonchev–Trinajstić information content (AvgIpc) is 2.26. The largest absolute Gasteiger partial charge is 0.389 e. The van der Waals surface area contributed by atoms with Crippen LogP contribution in [0.4, 0.5) is 13.2 Å². The van der Waals surface area contributed by atoms with E-state index in [-0.39, 0.29) is 5.91 Å². The molecule has 1 fully saturated rings. The molecule has 1 rings (SSSR count). The smallest absolute Gasteiger partial charge is 0.342 e. The average molecular weight is 272 g/mol. The van der Waals surface area contributed by atoms with Gasteiger partial charge in [0, 0.05) is 25.4 Å². The Morgan fingerprint density at radius 1 is 1.41 bits per heavy atom. The van der Waals surface area contributed by atoms with E-state index in [2.05, 4.69) is 0 Å². The quantitative estimate of drug-likeness (QED) is 0.719. The van der Waals surface area contributed by atoms with Crippen molar-refractivity contribution in [2.45, 2.75) is 38.3 Å². The zero-order chi connectivity index (χ0) is 12.9. The summed E-state index contributed by atoms with van der Waals surface area (Å²) in [5.41, 5.74) is 0. The summed E-state index contributed by atoms with van der Waals surface area (Å²) in [5.74, 6) is 0.493. The number of hydrogen-bond donors (Lipinski definition) is 0. The van der Waals surface area contributed by atoms with Crippen LogP contribution in [0.2, 0.25) is 0 Å². The van der Waals surface area contributed by atoms with Crippen molar-refractivity contribution >= 4 is 17.5 Å².